The zero-order valence-corrected chi connectivity index (χ0v) is 22.8. The molecule has 0 saturated carbocycles. The van der Waals surface area contributed by atoms with Gasteiger partial charge in [0.05, 0.1) is 31.7 Å². The zero-order valence-electron chi connectivity index (χ0n) is 22.8. The molecular formula is C29H37N5O5. The first kappa shape index (κ1) is 29.5. The number of esters is 1. The van der Waals surface area contributed by atoms with Gasteiger partial charge in [-0.1, -0.05) is 74.5 Å². The maximum Gasteiger partial charge on any atom is 0.333 e. The molecule has 1 heterocycles. The largest absolute Gasteiger partial charge is 0.464 e. The number of carbonyl (C=O) groups is 3. The first-order valence-corrected chi connectivity index (χ1v) is 12.8. The number of carbonyl (C=O) groups excluding carboxylic acids is 3. The van der Waals surface area contributed by atoms with Crippen LogP contribution in [0.15, 0.2) is 73.2 Å². The Morgan fingerprint density at radius 2 is 1.64 bits per heavy atom. The quantitative estimate of drug-likeness (QED) is 0.286. The van der Waals surface area contributed by atoms with Crippen LogP contribution in [0.25, 0.3) is 0 Å². The first-order chi connectivity index (χ1) is 18.5. The average molecular weight is 536 g/mol. The van der Waals surface area contributed by atoms with Gasteiger partial charge in [-0.05, 0) is 30.9 Å². The highest BCUT2D eigenvalue weighted by molar-refractivity contribution is 5.98. The average Bonchev–Trinajstić information content (AvgIpc) is 3.35. The molecule has 208 valence electrons. The Kier molecular flexibility index (Phi) is 10.4. The number of nitrogens with zero attached hydrogens (tertiary/aromatic N) is 2. The number of hydrogen-bond donors (Lipinski definition) is 3. The molecule has 10 nitrogen and oxygen atoms in total. The van der Waals surface area contributed by atoms with Gasteiger partial charge >= 0.3 is 5.97 Å². The fourth-order valence-corrected chi connectivity index (χ4v) is 3.54. The molecule has 39 heavy (non-hydrogen) atoms. The molecule has 0 aliphatic rings. The number of aromatic nitrogens is 2. The second kappa shape index (κ2) is 13.7. The number of nitrogens with one attached hydrogen (secondary N) is 2. The molecule has 2 atom stereocenters. The molecule has 3 aromatic rings. The number of rotatable bonds is 13. The minimum absolute atomic E-state index is 0.0859. The van der Waals surface area contributed by atoms with Crippen molar-refractivity contribution in [3.63, 3.8) is 0 Å². The summed E-state index contributed by atoms with van der Waals surface area (Å²) in [7, 11) is 0. The van der Waals surface area contributed by atoms with Gasteiger partial charge < -0.3 is 30.4 Å². The van der Waals surface area contributed by atoms with Crippen molar-refractivity contribution in [2.45, 2.75) is 51.9 Å². The predicted octanol–water partition coefficient (Wildman–Crippen LogP) is 3.05. The number of imidazole rings is 1. The maximum atomic E-state index is 13.2. The van der Waals surface area contributed by atoms with Crippen molar-refractivity contribution in [2.24, 2.45) is 11.7 Å². The Balaban J connectivity index is 1.75. The van der Waals surface area contributed by atoms with E-state index in [0.717, 1.165) is 5.56 Å². The third kappa shape index (κ3) is 9.05. The Labute approximate surface area is 228 Å². The van der Waals surface area contributed by atoms with E-state index in [1.165, 1.54) is 6.33 Å². The summed E-state index contributed by atoms with van der Waals surface area (Å²) in [5.74, 6) is -1.10. The lowest BCUT2D eigenvalue weighted by Crippen LogP contribution is -2.56. The van der Waals surface area contributed by atoms with Crippen LogP contribution < -0.4 is 16.4 Å². The monoisotopic (exact) mass is 535 g/mol. The predicted molar refractivity (Wildman–Crippen MR) is 148 cm³/mol. The standard InChI is InChI=1S/C29H37N5O5/c1-20(2)16-39-27(36)25(22-13-9-6-10-14-22)34-15-24(31-19-34)33-26(35)23(32-28(37)29(3,4)30)18-38-17-21-11-7-5-8-12-21/h5-15,19-20,23,25H,16-18,30H2,1-4H3,(H,32,37)(H,33,35)/t23-,25?/m1/s1. The normalized spacial score (nSPS) is 13.0. The highest BCUT2D eigenvalue weighted by atomic mass is 16.5. The molecule has 1 unspecified atom stereocenters. The van der Waals surface area contributed by atoms with E-state index in [-0.39, 0.29) is 31.6 Å². The molecule has 0 aliphatic heterocycles. The van der Waals surface area contributed by atoms with Crippen LogP contribution in [-0.4, -0.2) is 52.1 Å². The fraction of sp³-hybridized carbons (Fsp3) is 0.379. The van der Waals surface area contributed by atoms with Gasteiger partial charge in [-0.25, -0.2) is 9.78 Å². The molecule has 0 fully saturated rings. The molecule has 2 amide bonds. The number of anilines is 1. The number of amides is 2. The van der Waals surface area contributed by atoms with Gasteiger partial charge in [-0.15, -0.1) is 0 Å². The number of ether oxygens (including phenoxy) is 2. The van der Waals surface area contributed by atoms with E-state index >= 15 is 0 Å². The van der Waals surface area contributed by atoms with Gasteiger partial charge in [0.2, 0.25) is 5.91 Å². The van der Waals surface area contributed by atoms with Crippen molar-refractivity contribution in [3.05, 3.63) is 84.3 Å². The molecule has 0 bridgehead atoms. The van der Waals surface area contributed by atoms with Crippen LogP contribution in [-0.2, 0) is 30.5 Å². The Morgan fingerprint density at radius 1 is 1.00 bits per heavy atom. The van der Waals surface area contributed by atoms with E-state index in [1.54, 1.807) is 24.6 Å². The lowest BCUT2D eigenvalue weighted by molar-refractivity contribution is -0.147. The van der Waals surface area contributed by atoms with Crippen molar-refractivity contribution < 1.29 is 23.9 Å². The van der Waals surface area contributed by atoms with Gasteiger partial charge in [0.25, 0.3) is 5.91 Å². The van der Waals surface area contributed by atoms with E-state index < -0.39 is 35.4 Å². The van der Waals surface area contributed by atoms with Gasteiger partial charge in [0.1, 0.15) is 6.04 Å². The smallest absolute Gasteiger partial charge is 0.333 e. The van der Waals surface area contributed by atoms with Crippen LogP contribution in [0.5, 0.6) is 0 Å². The topological polar surface area (TPSA) is 138 Å². The maximum absolute atomic E-state index is 13.2. The van der Waals surface area contributed by atoms with E-state index in [1.807, 2.05) is 74.5 Å². The summed E-state index contributed by atoms with van der Waals surface area (Å²) in [6, 6.07) is 16.8. The van der Waals surface area contributed by atoms with Crippen LogP contribution in [0.2, 0.25) is 0 Å². The van der Waals surface area contributed by atoms with Crippen molar-refractivity contribution in [1.29, 1.82) is 0 Å². The highest BCUT2D eigenvalue weighted by Gasteiger charge is 2.29. The molecule has 10 heteroatoms. The van der Waals surface area contributed by atoms with E-state index in [9.17, 15) is 14.4 Å². The molecule has 0 saturated heterocycles. The van der Waals surface area contributed by atoms with Crippen LogP contribution in [0.4, 0.5) is 5.82 Å². The summed E-state index contributed by atoms with van der Waals surface area (Å²) in [5, 5.41) is 5.36. The molecule has 2 aromatic carbocycles. The van der Waals surface area contributed by atoms with Crippen molar-refractivity contribution >= 4 is 23.6 Å². The van der Waals surface area contributed by atoms with Crippen LogP contribution >= 0.6 is 0 Å². The van der Waals surface area contributed by atoms with Gasteiger partial charge in [0.15, 0.2) is 11.9 Å². The number of benzene rings is 2. The Morgan fingerprint density at radius 3 is 2.26 bits per heavy atom. The summed E-state index contributed by atoms with van der Waals surface area (Å²) < 4.78 is 12.8. The SMILES string of the molecule is CC(C)COC(=O)C(c1ccccc1)n1cnc(NC(=O)[C@@H](COCc2ccccc2)NC(=O)C(C)(C)N)c1. The minimum Gasteiger partial charge on any atom is -0.464 e. The summed E-state index contributed by atoms with van der Waals surface area (Å²) in [4.78, 5) is 43.0. The van der Waals surface area contributed by atoms with Gasteiger partial charge in [-0.2, -0.15) is 0 Å². The molecular weight excluding hydrogens is 498 g/mol. The third-order valence-electron chi connectivity index (χ3n) is 5.65. The highest BCUT2D eigenvalue weighted by Crippen LogP contribution is 2.22. The zero-order chi connectivity index (χ0) is 28.4. The van der Waals surface area contributed by atoms with Crippen LogP contribution in [0.3, 0.4) is 0 Å². The number of hydrogen-bond acceptors (Lipinski definition) is 7. The van der Waals surface area contributed by atoms with Crippen LogP contribution in [0.1, 0.15) is 44.9 Å². The van der Waals surface area contributed by atoms with Crippen molar-refractivity contribution in [3.8, 4) is 0 Å². The molecule has 3 rings (SSSR count). The lowest BCUT2D eigenvalue weighted by atomic mass is 10.1. The van der Waals surface area contributed by atoms with Gasteiger partial charge in [-0.3, -0.25) is 9.59 Å². The second-order valence-corrected chi connectivity index (χ2v) is 10.3. The summed E-state index contributed by atoms with van der Waals surface area (Å²) in [5.41, 5.74) is 6.37. The van der Waals surface area contributed by atoms with Gasteiger partial charge in [0, 0.05) is 6.20 Å². The van der Waals surface area contributed by atoms with E-state index in [4.69, 9.17) is 15.2 Å². The molecule has 0 radical (unpaired) electrons. The summed E-state index contributed by atoms with van der Waals surface area (Å²) in [6.07, 6.45) is 3.00. The van der Waals surface area contributed by atoms with E-state index in [0.29, 0.717) is 5.56 Å². The molecule has 1 aromatic heterocycles. The Bertz CT molecular complexity index is 1220. The molecule has 0 spiro atoms. The number of nitrogens with two attached hydrogens (primary N) is 1. The van der Waals surface area contributed by atoms with Crippen molar-refractivity contribution in [2.75, 3.05) is 18.5 Å². The summed E-state index contributed by atoms with van der Waals surface area (Å²) in [6.45, 7) is 7.47. The lowest BCUT2D eigenvalue weighted by Gasteiger charge is -2.23. The second-order valence-electron chi connectivity index (χ2n) is 10.3. The minimum atomic E-state index is -1.20. The third-order valence-corrected chi connectivity index (χ3v) is 5.65. The van der Waals surface area contributed by atoms with Crippen molar-refractivity contribution in [1.82, 2.24) is 14.9 Å². The molecule has 0 aliphatic carbocycles. The summed E-state index contributed by atoms with van der Waals surface area (Å²) >= 11 is 0. The Hall–Kier alpha value is -4.02. The fourth-order valence-electron chi connectivity index (χ4n) is 3.54. The molecule has 4 N–H and O–H groups in total. The first-order valence-electron chi connectivity index (χ1n) is 12.8. The van der Waals surface area contributed by atoms with Crippen LogP contribution in [0, 0.1) is 5.92 Å². The van der Waals surface area contributed by atoms with E-state index in [2.05, 4.69) is 15.6 Å².